The summed E-state index contributed by atoms with van der Waals surface area (Å²) in [5, 5.41) is 0. The van der Waals surface area contributed by atoms with Gasteiger partial charge in [-0.1, -0.05) is 0 Å². The minimum Gasteiger partial charge on any atom is -0.491 e. The van der Waals surface area contributed by atoms with Crippen LogP contribution in [-0.4, -0.2) is 42.8 Å². The standard InChI is InChI=1S/C12H16O7/c1-7(13)17-6-11-12(19-9(3)15)10(4-5-16-11)18-8(2)14/h4-5,10-12H,6H2,1-3H3/t10-,11-,12+/m1/s1/i4+1. The molecule has 106 valence electrons. The monoisotopic (exact) mass is 273 g/mol. The van der Waals surface area contributed by atoms with Gasteiger partial charge in [-0.05, 0) is 6.08 Å². The van der Waals surface area contributed by atoms with Gasteiger partial charge in [0, 0.05) is 20.8 Å². The first-order chi connectivity index (χ1) is 8.90. The maximum absolute atomic E-state index is 11.1. The number of ether oxygens (including phenoxy) is 4. The predicted octanol–water partition coefficient (Wildman–Crippen LogP) is 0.325. The smallest absolute Gasteiger partial charge is 0.303 e. The molecule has 0 fully saturated rings. The van der Waals surface area contributed by atoms with E-state index < -0.39 is 36.2 Å². The zero-order chi connectivity index (χ0) is 14.4. The molecule has 1 rings (SSSR count). The number of hydrogen-bond acceptors (Lipinski definition) is 7. The van der Waals surface area contributed by atoms with Crippen LogP contribution in [0.3, 0.4) is 0 Å². The number of esters is 3. The second-order valence-corrected chi connectivity index (χ2v) is 3.95. The zero-order valence-electron chi connectivity index (χ0n) is 11.0. The third kappa shape index (κ3) is 4.99. The third-order valence-electron chi connectivity index (χ3n) is 2.27. The van der Waals surface area contributed by atoms with Crippen molar-refractivity contribution < 1.29 is 33.3 Å². The number of carbonyl (C=O) groups excluding carboxylic acids is 3. The second kappa shape index (κ2) is 6.77. The van der Waals surface area contributed by atoms with Gasteiger partial charge in [0.15, 0.2) is 18.3 Å². The molecule has 3 atom stereocenters. The van der Waals surface area contributed by atoms with Crippen LogP contribution in [0.15, 0.2) is 12.3 Å². The first-order valence-corrected chi connectivity index (χ1v) is 5.70. The molecule has 0 saturated heterocycles. The van der Waals surface area contributed by atoms with E-state index in [1.807, 2.05) is 0 Å². The van der Waals surface area contributed by atoms with Crippen molar-refractivity contribution in [3.05, 3.63) is 12.3 Å². The average molecular weight is 273 g/mol. The molecule has 0 aromatic rings. The maximum Gasteiger partial charge on any atom is 0.303 e. The molecule has 1 aliphatic rings. The highest BCUT2D eigenvalue weighted by molar-refractivity contribution is 5.68. The van der Waals surface area contributed by atoms with E-state index in [0.717, 1.165) is 0 Å². The normalized spacial score (nSPS) is 25.1. The highest BCUT2D eigenvalue weighted by atomic mass is 16.6. The van der Waals surface area contributed by atoms with Crippen LogP contribution in [-0.2, 0) is 33.3 Å². The van der Waals surface area contributed by atoms with Gasteiger partial charge in [-0.2, -0.15) is 0 Å². The summed E-state index contributed by atoms with van der Waals surface area (Å²) in [6, 6.07) is 0. The summed E-state index contributed by atoms with van der Waals surface area (Å²) in [6.45, 7) is 3.62. The van der Waals surface area contributed by atoms with E-state index in [9.17, 15) is 14.4 Å². The molecule has 0 amide bonds. The van der Waals surface area contributed by atoms with E-state index in [4.69, 9.17) is 18.9 Å². The lowest BCUT2D eigenvalue weighted by Gasteiger charge is -2.32. The van der Waals surface area contributed by atoms with Crippen molar-refractivity contribution in [2.24, 2.45) is 0 Å². The highest BCUT2D eigenvalue weighted by Gasteiger charge is 2.37. The van der Waals surface area contributed by atoms with Gasteiger partial charge >= 0.3 is 17.9 Å². The zero-order valence-corrected chi connectivity index (χ0v) is 11.0. The van der Waals surface area contributed by atoms with Crippen LogP contribution < -0.4 is 0 Å². The van der Waals surface area contributed by atoms with E-state index in [-0.39, 0.29) is 6.61 Å². The average Bonchev–Trinajstić information content (AvgIpc) is 2.28. The van der Waals surface area contributed by atoms with Gasteiger partial charge in [-0.15, -0.1) is 0 Å². The Morgan fingerprint density at radius 3 is 2.21 bits per heavy atom. The van der Waals surface area contributed by atoms with Gasteiger partial charge in [0.1, 0.15) is 6.61 Å². The van der Waals surface area contributed by atoms with E-state index in [0.29, 0.717) is 0 Å². The molecule has 1 aliphatic heterocycles. The van der Waals surface area contributed by atoms with Gasteiger partial charge in [0.2, 0.25) is 0 Å². The number of hydrogen-bond donors (Lipinski definition) is 0. The molecule has 0 bridgehead atoms. The van der Waals surface area contributed by atoms with Crippen molar-refractivity contribution in [1.29, 1.82) is 0 Å². The van der Waals surface area contributed by atoms with Crippen molar-refractivity contribution in [2.45, 2.75) is 39.1 Å². The number of rotatable bonds is 4. The van der Waals surface area contributed by atoms with Crippen LogP contribution in [0.5, 0.6) is 0 Å². The fourth-order valence-electron chi connectivity index (χ4n) is 1.59. The van der Waals surface area contributed by atoms with Crippen LogP contribution in [0.25, 0.3) is 0 Å². The Labute approximate surface area is 110 Å². The van der Waals surface area contributed by atoms with Gasteiger partial charge in [-0.25, -0.2) is 0 Å². The summed E-state index contributed by atoms with van der Waals surface area (Å²) < 4.78 is 20.1. The Kier molecular flexibility index (Phi) is 5.35. The molecule has 0 N–H and O–H groups in total. The van der Waals surface area contributed by atoms with Gasteiger partial charge in [0.05, 0.1) is 6.26 Å². The first-order valence-electron chi connectivity index (χ1n) is 5.70. The minimum atomic E-state index is -0.856. The highest BCUT2D eigenvalue weighted by Crippen LogP contribution is 2.19. The van der Waals surface area contributed by atoms with Crippen molar-refractivity contribution in [3.8, 4) is 0 Å². The van der Waals surface area contributed by atoms with E-state index >= 15 is 0 Å². The summed E-state index contributed by atoms with van der Waals surface area (Å²) >= 11 is 0. The molecular formula is C12H16O7. The van der Waals surface area contributed by atoms with Crippen LogP contribution in [0.2, 0.25) is 0 Å². The lowest BCUT2D eigenvalue weighted by Crippen LogP contribution is -2.47. The van der Waals surface area contributed by atoms with Crippen molar-refractivity contribution in [2.75, 3.05) is 6.61 Å². The Hall–Kier alpha value is -2.05. The molecule has 7 heteroatoms. The van der Waals surface area contributed by atoms with Crippen molar-refractivity contribution in [1.82, 2.24) is 0 Å². The first kappa shape index (κ1) is 15.0. The summed E-state index contributed by atoms with van der Waals surface area (Å²) in [5.41, 5.74) is 0. The fraction of sp³-hybridized carbons (Fsp3) is 0.583. The topological polar surface area (TPSA) is 88.1 Å². The van der Waals surface area contributed by atoms with Gasteiger partial charge in [-0.3, -0.25) is 14.4 Å². The van der Waals surface area contributed by atoms with Gasteiger partial charge in [0.25, 0.3) is 0 Å². The summed E-state index contributed by atoms with van der Waals surface area (Å²) in [6.07, 6.45) is 0.435. The predicted molar refractivity (Wildman–Crippen MR) is 61.8 cm³/mol. The molecule has 19 heavy (non-hydrogen) atoms. The van der Waals surface area contributed by atoms with Crippen molar-refractivity contribution in [3.63, 3.8) is 0 Å². The van der Waals surface area contributed by atoms with Gasteiger partial charge < -0.3 is 18.9 Å². The maximum atomic E-state index is 11.1. The van der Waals surface area contributed by atoms with E-state index in [2.05, 4.69) is 0 Å². The molecule has 0 aromatic carbocycles. The molecule has 7 nitrogen and oxygen atoms in total. The molecule has 0 aliphatic carbocycles. The Morgan fingerprint density at radius 1 is 1.05 bits per heavy atom. The largest absolute Gasteiger partial charge is 0.491 e. The third-order valence-corrected chi connectivity index (χ3v) is 2.27. The summed E-state index contributed by atoms with van der Waals surface area (Å²) in [4.78, 5) is 32.9. The van der Waals surface area contributed by atoms with Crippen LogP contribution in [0, 0.1) is 0 Å². The quantitative estimate of drug-likeness (QED) is 0.414. The summed E-state index contributed by atoms with van der Waals surface area (Å²) in [7, 11) is 0. The lowest BCUT2D eigenvalue weighted by molar-refractivity contribution is -0.178. The minimum absolute atomic E-state index is 0.102. The Bertz CT molecular complexity index is 388. The molecule has 0 unspecified atom stereocenters. The van der Waals surface area contributed by atoms with E-state index in [1.54, 1.807) is 0 Å². The fourth-order valence-corrected chi connectivity index (χ4v) is 1.59. The second-order valence-electron chi connectivity index (χ2n) is 3.95. The molecular weight excluding hydrogens is 257 g/mol. The molecule has 0 saturated carbocycles. The Morgan fingerprint density at radius 2 is 1.68 bits per heavy atom. The molecule has 0 radical (unpaired) electrons. The van der Waals surface area contributed by atoms with Crippen LogP contribution in [0.1, 0.15) is 20.8 Å². The van der Waals surface area contributed by atoms with E-state index in [1.165, 1.54) is 33.1 Å². The molecule has 0 aromatic heterocycles. The molecule has 1 heterocycles. The summed E-state index contributed by atoms with van der Waals surface area (Å²) in [5.74, 6) is -1.54. The lowest BCUT2D eigenvalue weighted by atomic mass is 10.1. The van der Waals surface area contributed by atoms with Crippen molar-refractivity contribution >= 4 is 17.9 Å². The SMILES string of the molecule is CC(=O)OC[C@H]1OC=[13CH][C@@H](OC(C)=O)[C@@H]1OC(C)=O. The number of carbonyl (C=O) groups is 3. The van der Waals surface area contributed by atoms with Crippen LogP contribution >= 0.6 is 0 Å². The van der Waals surface area contributed by atoms with Crippen LogP contribution in [0.4, 0.5) is 0 Å². The Balaban J connectivity index is 2.77. The molecule has 0 spiro atoms.